The fourth-order valence-electron chi connectivity index (χ4n) is 2.87. The van der Waals surface area contributed by atoms with E-state index in [2.05, 4.69) is 40.1 Å². The molecule has 1 aliphatic heterocycles. The summed E-state index contributed by atoms with van der Waals surface area (Å²) in [6, 6.07) is 3.16. The van der Waals surface area contributed by atoms with Gasteiger partial charge in [0.1, 0.15) is 12.1 Å². The summed E-state index contributed by atoms with van der Waals surface area (Å²) in [6.45, 7) is 8.75. The van der Waals surface area contributed by atoms with Crippen LogP contribution >= 0.6 is 0 Å². The smallest absolute Gasteiger partial charge is 0.132 e. The van der Waals surface area contributed by atoms with Crippen molar-refractivity contribution in [3.05, 3.63) is 18.1 Å². The number of rotatable bonds is 5. The first kappa shape index (κ1) is 14.3. The molecule has 0 saturated carbocycles. The molecular weight excluding hydrogens is 236 g/mol. The van der Waals surface area contributed by atoms with Gasteiger partial charge >= 0.3 is 0 Å². The molecule has 1 saturated heterocycles. The predicted octanol–water partition coefficient (Wildman–Crippen LogP) is 2.53. The fourth-order valence-corrected chi connectivity index (χ4v) is 2.87. The topological polar surface area (TPSA) is 41.0 Å². The van der Waals surface area contributed by atoms with Gasteiger partial charge in [-0.3, -0.25) is 0 Å². The first-order valence-electron chi connectivity index (χ1n) is 7.51. The monoisotopic (exact) mass is 262 g/mol. The van der Waals surface area contributed by atoms with E-state index < -0.39 is 0 Å². The summed E-state index contributed by atoms with van der Waals surface area (Å²) < 4.78 is 0. The summed E-state index contributed by atoms with van der Waals surface area (Å²) in [5.74, 6) is 1.09. The van der Waals surface area contributed by atoms with Crippen LogP contribution in [0.1, 0.15) is 45.2 Å². The Morgan fingerprint density at radius 1 is 1.42 bits per heavy atom. The van der Waals surface area contributed by atoms with Crippen molar-refractivity contribution in [2.75, 3.05) is 18.0 Å². The maximum absolute atomic E-state index is 4.46. The van der Waals surface area contributed by atoms with Gasteiger partial charge in [-0.25, -0.2) is 9.97 Å². The molecule has 1 N–H and O–H groups in total. The third-order valence-corrected chi connectivity index (χ3v) is 3.93. The average Bonchev–Trinajstić information content (AvgIpc) is 2.45. The van der Waals surface area contributed by atoms with Crippen LogP contribution in [0.5, 0.6) is 0 Å². The minimum absolute atomic E-state index is 0.510. The van der Waals surface area contributed by atoms with E-state index in [0.29, 0.717) is 12.1 Å². The van der Waals surface area contributed by atoms with Crippen molar-refractivity contribution in [2.45, 2.75) is 58.5 Å². The molecule has 0 bridgehead atoms. The molecule has 2 unspecified atom stereocenters. The molecule has 0 aliphatic carbocycles. The minimum atomic E-state index is 0.510. The molecular formula is C15H26N4. The molecule has 1 aromatic rings. The highest BCUT2D eigenvalue weighted by molar-refractivity contribution is 5.41. The molecule has 1 fully saturated rings. The Hall–Kier alpha value is -1.16. The summed E-state index contributed by atoms with van der Waals surface area (Å²) in [6.07, 6.45) is 6.70. The number of piperidine rings is 1. The number of anilines is 1. The third kappa shape index (κ3) is 3.66. The minimum Gasteiger partial charge on any atom is -0.352 e. The second-order valence-corrected chi connectivity index (χ2v) is 5.52. The van der Waals surface area contributed by atoms with Crippen molar-refractivity contribution < 1.29 is 0 Å². The zero-order chi connectivity index (χ0) is 13.7. The van der Waals surface area contributed by atoms with Gasteiger partial charge in [-0.15, -0.1) is 0 Å². The summed E-state index contributed by atoms with van der Waals surface area (Å²) in [4.78, 5) is 11.1. The molecule has 1 aromatic heterocycles. The van der Waals surface area contributed by atoms with Crippen molar-refractivity contribution in [3.63, 3.8) is 0 Å². The van der Waals surface area contributed by atoms with Gasteiger partial charge in [0, 0.05) is 30.4 Å². The Morgan fingerprint density at radius 3 is 3.00 bits per heavy atom. The van der Waals surface area contributed by atoms with Crippen molar-refractivity contribution in [2.24, 2.45) is 0 Å². The second kappa shape index (κ2) is 6.85. The van der Waals surface area contributed by atoms with Crippen molar-refractivity contribution >= 4 is 5.82 Å². The first-order chi connectivity index (χ1) is 9.22. The number of aromatic nitrogens is 2. The molecule has 2 heterocycles. The Kier molecular flexibility index (Phi) is 5.14. The molecule has 0 aromatic carbocycles. The van der Waals surface area contributed by atoms with Crippen molar-refractivity contribution in [3.8, 4) is 0 Å². The SMILES string of the molecule is CCCNC(C)C1CCCCN1c1cc(C)ncn1. The predicted molar refractivity (Wildman–Crippen MR) is 79.5 cm³/mol. The van der Waals surface area contributed by atoms with E-state index in [1.54, 1.807) is 6.33 Å². The van der Waals surface area contributed by atoms with Gasteiger partial charge in [0.15, 0.2) is 0 Å². The van der Waals surface area contributed by atoms with Crippen LogP contribution in [-0.4, -0.2) is 35.1 Å². The summed E-state index contributed by atoms with van der Waals surface area (Å²) in [5, 5.41) is 3.63. The lowest BCUT2D eigenvalue weighted by molar-refractivity contribution is 0.366. The van der Waals surface area contributed by atoms with Crippen LogP contribution in [0.15, 0.2) is 12.4 Å². The highest BCUT2D eigenvalue weighted by Gasteiger charge is 2.27. The van der Waals surface area contributed by atoms with Gasteiger partial charge in [0.05, 0.1) is 0 Å². The van der Waals surface area contributed by atoms with Gasteiger partial charge in [-0.05, 0) is 46.1 Å². The second-order valence-electron chi connectivity index (χ2n) is 5.52. The van der Waals surface area contributed by atoms with Gasteiger partial charge in [-0.2, -0.15) is 0 Å². The fraction of sp³-hybridized carbons (Fsp3) is 0.733. The van der Waals surface area contributed by atoms with Crippen LogP contribution in [0.2, 0.25) is 0 Å². The standard InChI is InChI=1S/C15H26N4/c1-4-8-16-13(3)14-7-5-6-9-19(14)15-10-12(2)17-11-18-15/h10-11,13-14,16H,4-9H2,1-3H3. The van der Waals surface area contributed by atoms with E-state index in [9.17, 15) is 0 Å². The van der Waals surface area contributed by atoms with Crippen LogP contribution in [-0.2, 0) is 0 Å². The van der Waals surface area contributed by atoms with Gasteiger partial charge in [0.25, 0.3) is 0 Å². The van der Waals surface area contributed by atoms with E-state index in [4.69, 9.17) is 0 Å². The molecule has 2 atom stereocenters. The van der Waals surface area contributed by atoms with E-state index in [1.807, 2.05) is 6.92 Å². The number of nitrogens with zero attached hydrogens (tertiary/aromatic N) is 3. The van der Waals surface area contributed by atoms with Crippen molar-refractivity contribution in [1.29, 1.82) is 0 Å². The summed E-state index contributed by atoms with van der Waals surface area (Å²) in [5.41, 5.74) is 1.04. The van der Waals surface area contributed by atoms with E-state index >= 15 is 0 Å². The molecule has 4 heteroatoms. The van der Waals surface area contributed by atoms with Crippen LogP contribution in [0.4, 0.5) is 5.82 Å². The Morgan fingerprint density at radius 2 is 2.26 bits per heavy atom. The maximum atomic E-state index is 4.46. The van der Waals surface area contributed by atoms with E-state index in [-0.39, 0.29) is 0 Å². The third-order valence-electron chi connectivity index (χ3n) is 3.93. The van der Waals surface area contributed by atoms with Crippen molar-refractivity contribution in [1.82, 2.24) is 15.3 Å². The Bertz CT molecular complexity index is 393. The zero-order valence-electron chi connectivity index (χ0n) is 12.4. The van der Waals surface area contributed by atoms with Gasteiger partial charge in [-0.1, -0.05) is 6.92 Å². The summed E-state index contributed by atoms with van der Waals surface area (Å²) in [7, 11) is 0. The lowest BCUT2D eigenvalue weighted by Gasteiger charge is -2.40. The molecule has 4 nitrogen and oxygen atoms in total. The Labute approximate surface area is 116 Å². The lowest BCUT2D eigenvalue weighted by Crippen LogP contribution is -2.51. The first-order valence-corrected chi connectivity index (χ1v) is 7.51. The molecule has 106 valence electrons. The number of aryl methyl sites for hydroxylation is 1. The Balaban J connectivity index is 2.11. The van der Waals surface area contributed by atoms with Crippen LogP contribution < -0.4 is 10.2 Å². The highest BCUT2D eigenvalue weighted by atomic mass is 15.2. The maximum Gasteiger partial charge on any atom is 0.132 e. The van der Waals surface area contributed by atoms with Crippen LogP contribution in [0.25, 0.3) is 0 Å². The van der Waals surface area contributed by atoms with Gasteiger partial charge < -0.3 is 10.2 Å². The van der Waals surface area contributed by atoms with E-state index in [1.165, 1.54) is 25.7 Å². The molecule has 0 radical (unpaired) electrons. The normalized spacial score (nSPS) is 21.4. The van der Waals surface area contributed by atoms with Crippen LogP contribution in [0.3, 0.4) is 0 Å². The molecule has 2 rings (SSSR count). The van der Waals surface area contributed by atoms with Crippen LogP contribution in [0, 0.1) is 6.92 Å². The van der Waals surface area contributed by atoms with Gasteiger partial charge in [0.2, 0.25) is 0 Å². The zero-order valence-corrected chi connectivity index (χ0v) is 12.4. The number of nitrogens with one attached hydrogen (secondary N) is 1. The number of hydrogen-bond donors (Lipinski definition) is 1. The molecule has 19 heavy (non-hydrogen) atoms. The quantitative estimate of drug-likeness (QED) is 0.885. The molecule has 0 spiro atoms. The average molecular weight is 262 g/mol. The number of hydrogen-bond acceptors (Lipinski definition) is 4. The highest BCUT2D eigenvalue weighted by Crippen LogP contribution is 2.25. The molecule has 0 amide bonds. The van der Waals surface area contributed by atoms with E-state index in [0.717, 1.165) is 24.6 Å². The lowest BCUT2D eigenvalue weighted by atomic mass is 9.96. The summed E-state index contributed by atoms with van der Waals surface area (Å²) >= 11 is 0. The largest absolute Gasteiger partial charge is 0.352 e. The molecule has 1 aliphatic rings.